The summed E-state index contributed by atoms with van der Waals surface area (Å²) in [5, 5.41) is 18.9. The van der Waals surface area contributed by atoms with E-state index in [2.05, 4.69) is 20.3 Å². The minimum Gasteiger partial charge on any atom is -0.384 e. The molecular formula is C20H19N3O4. The molecule has 0 fully saturated rings. The molecule has 0 aliphatic carbocycles. The molecule has 1 aromatic heterocycles. The van der Waals surface area contributed by atoms with Crippen LogP contribution in [0, 0.1) is 0 Å². The first-order chi connectivity index (χ1) is 13.0. The van der Waals surface area contributed by atoms with Crippen LogP contribution >= 0.6 is 0 Å². The third-order valence-electron chi connectivity index (χ3n) is 4.09. The van der Waals surface area contributed by atoms with Crippen LogP contribution in [0.2, 0.25) is 0 Å². The highest BCUT2D eigenvalue weighted by Crippen LogP contribution is 2.24. The number of aromatic nitrogens is 1. The number of benzene rings is 2. The largest absolute Gasteiger partial charge is 0.384 e. The topological polar surface area (TPSA) is 104 Å². The van der Waals surface area contributed by atoms with Crippen molar-refractivity contribution in [3.05, 3.63) is 72.5 Å². The third kappa shape index (κ3) is 4.59. The highest BCUT2D eigenvalue weighted by molar-refractivity contribution is 6.39. The molecule has 2 amide bonds. The maximum atomic E-state index is 11.9. The molecule has 0 spiro atoms. The summed E-state index contributed by atoms with van der Waals surface area (Å²) in [6.45, 7) is 1.45. The van der Waals surface area contributed by atoms with Crippen LogP contribution in [0.3, 0.4) is 0 Å². The van der Waals surface area contributed by atoms with E-state index in [1.54, 1.807) is 19.1 Å². The Morgan fingerprint density at radius 1 is 1.00 bits per heavy atom. The number of amides is 2. The summed E-state index contributed by atoms with van der Waals surface area (Å²) in [6.07, 6.45) is 1.28. The Morgan fingerprint density at radius 3 is 2.30 bits per heavy atom. The van der Waals surface area contributed by atoms with Gasteiger partial charge in [-0.1, -0.05) is 59.8 Å². The van der Waals surface area contributed by atoms with Gasteiger partial charge >= 0.3 is 11.8 Å². The van der Waals surface area contributed by atoms with Crippen molar-refractivity contribution in [2.45, 2.75) is 12.5 Å². The van der Waals surface area contributed by atoms with Crippen LogP contribution < -0.4 is 10.6 Å². The van der Waals surface area contributed by atoms with Crippen LogP contribution in [0.15, 0.2) is 71.4 Å². The average molecular weight is 365 g/mol. The molecule has 0 aliphatic heterocycles. The van der Waals surface area contributed by atoms with Gasteiger partial charge in [0.25, 0.3) is 0 Å². The van der Waals surface area contributed by atoms with Crippen molar-refractivity contribution < 1.29 is 19.2 Å². The van der Waals surface area contributed by atoms with Gasteiger partial charge in [0.15, 0.2) is 5.82 Å². The molecule has 1 heterocycles. The van der Waals surface area contributed by atoms with Gasteiger partial charge in [0.1, 0.15) is 11.9 Å². The Morgan fingerprint density at radius 2 is 1.67 bits per heavy atom. The first-order valence-corrected chi connectivity index (χ1v) is 8.33. The number of nitrogens with zero attached hydrogens (tertiary/aromatic N) is 1. The van der Waals surface area contributed by atoms with E-state index < -0.39 is 17.4 Å². The van der Waals surface area contributed by atoms with Crippen LogP contribution in [0.5, 0.6) is 0 Å². The minimum atomic E-state index is -1.33. The number of carbonyl (C=O) groups excluding carboxylic acids is 2. The van der Waals surface area contributed by atoms with Crippen molar-refractivity contribution in [3.8, 4) is 11.1 Å². The molecule has 0 unspecified atom stereocenters. The van der Waals surface area contributed by atoms with Gasteiger partial charge in [-0.25, -0.2) is 0 Å². The lowest BCUT2D eigenvalue weighted by atomic mass is 9.93. The molecule has 0 saturated carbocycles. The van der Waals surface area contributed by atoms with Crippen LogP contribution in [0.4, 0.5) is 5.82 Å². The molecular weight excluding hydrogens is 346 g/mol. The van der Waals surface area contributed by atoms with Crippen LogP contribution in [0.25, 0.3) is 11.1 Å². The van der Waals surface area contributed by atoms with Crippen molar-refractivity contribution in [2.75, 3.05) is 11.9 Å². The Balaban J connectivity index is 1.60. The number of nitrogens with one attached hydrogen (secondary N) is 2. The average Bonchev–Trinajstić information content (AvgIpc) is 3.20. The lowest BCUT2D eigenvalue weighted by molar-refractivity contribution is -0.136. The predicted octanol–water partition coefficient (Wildman–Crippen LogP) is 2.30. The summed E-state index contributed by atoms with van der Waals surface area (Å²) < 4.78 is 4.57. The van der Waals surface area contributed by atoms with Crippen molar-refractivity contribution in [1.29, 1.82) is 0 Å². The molecule has 0 bridgehead atoms. The van der Waals surface area contributed by atoms with Gasteiger partial charge in [0, 0.05) is 6.07 Å². The fourth-order valence-electron chi connectivity index (χ4n) is 2.54. The molecule has 0 aliphatic rings. The van der Waals surface area contributed by atoms with Gasteiger partial charge < -0.3 is 14.9 Å². The maximum Gasteiger partial charge on any atom is 0.314 e. The molecule has 0 saturated heterocycles. The number of rotatable bonds is 5. The molecule has 7 nitrogen and oxygen atoms in total. The second-order valence-electron chi connectivity index (χ2n) is 6.24. The third-order valence-corrected chi connectivity index (χ3v) is 4.09. The van der Waals surface area contributed by atoms with E-state index in [-0.39, 0.29) is 12.4 Å². The summed E-state index contributed by atoms with van der Waals surface area (Å²) in [5.41, 5.74) is 1.38. The highest BCUT2D eigenvalue weighted by Gasteiger charge is 2.25. The summed E-state index contributed by atoms with van der Waals surface area (Å²) in [7, 11) is 0. The van der Waals surface area contributed by atoms with E-state index in [1.807, 2.05) is 42.5 Å². The first kappa shape index (κ1) is 18.3. The predicted molar refractivity (Wildman–Crippen MR) is 99.6 cm³/mol. The summed E-state index contributed by atoms with van der Waals surface area (Å²) in [4.78, 5) is 23.7. The van der Waals surface area contributed by atoms with E-state index in [1.165, 1.54) is 12.3 Å². The Hall–Kier alpha value is -3.45. The molecule has 3 N–H and O–H groups in total. The van der Waals surface area contributed by atoms with Gasteiger partial charge in [-0.3, -0.25) is 14.9 Å². The lowest BCUT2D eigenvalue weighted by Crippen LogP contribution is -2.43. The summed E-state index contributed by atoms with van der Waals surface area (Å²) in [5.74, 6) is -1.63. The first-order valence-electron chi connectivity index (χ1n) is 8.33. The molecule has 138 valence electrons. The van der Waals surface area contributed by atoms with Crippen molar-refractivity contribution in [3.63, 3.8) is 0 Å². The zero-order valence-electron chi connectivity index (χ0n) is 14.7. The van der Waals surface area contributed by atoms with Gasteiger partial charge in [0.05, 0.1) is 6.54 Å². The van der Waals surface area contributed by atoms with Crippen LogP contribution in [-0.4, -0.2) is 28.6 Å². The Kier molecular flexibility index (Phi) is 5.33. The second-order valence-corrected chi connectivity index (χ2v) is 6.24. The van der Waals surface area contributed by atoms with Crippen LogP contribution in [0.1, 0.15) is 12.5 Å². The number of anilines is 1. The number of carbonyl (C=O) groups is 2. The number of hydrogen-bond donors (Lipinski definition) is 3. The quantitative estimate of drug-likeness (QED) is 0.602. The van der Waals surface area contributed by atoms with Crippen molar-refractivity contribution >= 4 is 17.6 Å². The normalized spacial score (nSPS) is 12.8. The van der Waals surface area contributed by atoms with Crippen molar-refractivity contribution in [2.24, 2.45) is 0 Å². The Bertz CT molecular complexity index is 904. The number of aliphatic hydroxyl groups is 1. The van der Waals surface area contributed by atoms with Gasteiger partial charge in [0.2, 0.25) is 0 Å². The zero-order chi connectivity index (χ0) is 19.3. The second kappa shape index (κ2) is 7.84. The maximum absolute atomic E-state index is 11.9. The molecule has 0 radical (unpaired) electrons. The highest BCUT2D eigenvalue weighted by atomic mass is 16.5. The van der Waals surface area contributed by atoms with Gasteiger partial charge in [-0.05, 0) is 23.6 Å². The van der Waals surface area contributed by atoms with Crippen molar-refractivity contribution in [1.82, 2.24) is 10.5 Å². The molecule has 3 rings (SSSR count). The smallest absolute Gasteiger partial charge is 0.314 e. The van der Waals surface area contributed by atoms with E-state index in [4.69, 9.17) is 0 Å². The lowest BCUT2D eigenvalue weighted by Gasteiger charge is -2.24. The summed E-state index contributed by atoms with van der Waals surface area (Å²) >= 11 is 0. The molecule has 27 heavy (non-hydrogen) atoms. The minimum absolute atomic E-state index is 0.122. The zero-order valence-corrected chi connectivity index (χ0v) is 14.7. The van der Waals surface area contributed by atoms with E-state index in [9.17, 15) is 14.7 Å². The van der Waals surface area contributed by atoms with Gasteiger partial charge in [-0.2, -0.15) is 0 Å². The van der Waals surface area contributed by atoms with Crippen LogP contribution in [-0.2, 0) is 15.2 Å². The molecule has 3 aromatic rings. The van der Waals surface area contributed by atoms with E-state index in [0.717, 1.165) is 11.1 Å². The van der Waals surface area contributed by atoms with Gasteiger partial charge in [-0.15, -0.1) is 0 Å². The fraction of sp³-hybridized carbons (Fsp3) is 0.150. The monoisotopic (exact) mass is 365 g/mol. The van der Waals surface area contributed by atoms with E-state index >= 15 is 0 Å². The number of hydrogen-bond acceptors (Lipinski definition) is 5. The summed E-state index contributed by atoms with van der Waals surface area (Å²) in [6, 6.07) is 18.7. The molecule has 7 heteroatoms. The molecule has 1 atom stereocenters. The fourth-order valence-corrected chi connectivity index (χ4v) is 2.54. The SMILES string of the molecule is C[C@](O)(CNC(=O)C(=O)Nc1ccon1)c1ccc(-c2ccccc2)cc1. The van der Waals surface area contributed by atoms with E-state index in [0.29, 0.717) is 5.56 Å². The Labute approximate surface area is 156 Å². The standard InChI is InChI=1S/C20H19N3O4/c1-20(26,13-21-18(24)19(25)22-17-11-12-27-23-17)16-9-7-15(8-10-16)14-5-3-2-4-6-14/h2-12,26H,13H2,1H3,(H,21,24)(H,22,23,25)/t20-/m0/s1. The molecule has 2 aromatic carbocycles.